The molecule has 1 aromatic carbocycles. The molecule has 0 fully saturated rings. The maximum atomic E-state index is 11.5. The van der Waals surface area contributed by atoms with Crippen molar-refractivity contribution in [3.05, 3.63) is 27.8 Å². The Hall–Kier alpha value is -0.620. The van der Waals surface area contributed by atoms with Gasteiger partial charge in [-0.2, -0.15) is 0 Å². The van der Waals surface area contributed by atoms with E-state index in [-0.39, 0.29) is 5.91 Å². The smallest absolute Gasteiger partial charge is 0.224 e. The van der Waals surface area contributed by atoms with Crippen LogP contribution in [0, 0.1) is 3.57 Å². The van der Waals surface area contributed by atoms with Crippen molar-refractivity contribution in [1.29, 1.82) is 0 Å². The van der Waals surface area contributed by atoms with Gasteiger partial charge >= 0.3 is 0 Å². The summed E-state index contributed by atoms with van der Waals surface area (Å²) < 4.78 is 1.12. The van der Waals surface area contributed by atoms with Crippen LogP contribution in [-0.2, 0) is 4.79 Å². The van der Waals surface area contributed by atoms with Gasteiger partial charge in [-0.3, -0.25) is 4.79 Å². The molecule has 0 radical (unpaired) electrons. The molecule has 16 heavy (non-hydrogen) atoms. The summed E-state index contributed by atoms with van der Waals surface area (Å²) >= 11 is 2.23. The molecule has 3 nitrogen and oxygen atoms in total. The number of benzene rings is 1. The fourth-order valence-corrected chi connectivity index (χ4v) is 1.94. The van der Waals surface area contributed by atoms with Gasteiger partial charge in [0.2, 0.25) is 5.91 Å². The second-order valence-electron chi connectivity index (χ2n) is 3.66. The van der Waals surface area contributed by atoms with E-state index in [9.17, 15) is 4.79 Å². The molecule has 1 aromatic rings. The second-order valence-corrected chi connectivity index (χ2v) is 4.90. The van der Waals surface area contributed by atoms with E-state index >= 15 is 0 Å². The highest BCUT2D eigenvalue weighted by atomic mass is 127. The molecule has 1 amide bonds. The maximum Gasteiger partial charge on any atom is 0.224 e. The summed E-state index contributed by atoms with van der Waals surface area (Å²) in [5.74, 6) is 0.0824. The van der Waals surface area contributed by atoms with Gasteiger partial charge in [-0.15, -0.1) is 0 Å². The second kappa shape index (κ2) is 7.62. The predicted molar refractivity (Wildman–Crippen MR) is 75.3 cm³/mol. The lowest BCUT2D eigenvalue weighted by Gasteiger charge is -2.05. The lowest BCUT2D eigenvalue weighted by atomic mass is 10.2. The van der Waals surface area contributed by atoms with Gasteiger partial charge in [0.05, 0.1) is 0 Å². The maximum absolute atomic E-state index is 11.5. The van der Waals surface area contributed by atoms with E-state index in [1.807, 2.05) is 24.3 Å². The first kappa shape index (κ1) is 13.4. The molecule has 0 aliphatic rings. The fraction of sp³-hybridized carbons (Fsp3) is 0.417. The van der Waals surface area contributed by atoms with Crippen LogP contribution in [0.1, 0.15) is 25.7 Å². The minimum atomic E-state index is 0.0824. The van der Waals surface area contributed by atoms with E-state index in [1.54, 1.807) is 0 Å². The SMILES string of the molecule is NCCCCCC(=O)Nc1cccc(I)c1. The standard InChI is InChI=1S/C12H17IN2O/c13-10-5-4-6-11(9-10)15-12(16)7-2-1-3-8-14/h4-6,9H,1-3,7-8,14H2,(H,15,16). The summed E-state index contributed by atoms with van der Waals surface area (Å²) in [5.41, 5.74) is 6.26. The van der Waals surface area contributed by atoms with Gasteiger partial charge in [-0.25, -0.2) is 0 Å². The summed E-state index contributed by atoms with van der Waals surface area (Å²) in [6, 6.07) is 7.79. The summed E-state index contributed by atoms with van der Waals surface area (Å²) in [4.78, 5) is 11.5. The Kier molecular flexibility index (Phi) is 6.40. The molecule has 88 valence electrons. The van der Waals surface area contributed by atoms with Crippen LogP contribution in [0.5, 0.6) is 0 Å². The molecule has 4 heteroatoms. The third kappa shape index (κ3) is 5.46. The van der Waals surface area contributed by atoms with Crippen LogP contribution < -0.4 is 11.1 Å². The van der Waals surface area contributed by atoms with Crippen LogP contribution in [0.15, 0.2) is 24.3 Å². The number of unbranched alkanes of at least 4 members (excludes halogenated alkanes) is 2. The number of hydrogen-bond donors (Lipinski definition) is 2. The molecular formula is C12H17IN2O. The van der Waals surface area contributed by atoms with Gasteiger partial charge in [0.1, 0.15) is 0 Å². The van der Waals surface area contributed by atoms with Crippen molar-refractivity contribution in [2.24, 2.45) is 5.73 Å². The predicted octanol–water partition coefficient (Wildman–Crippen LogP) is 2.75. The highest BCUT2D eigenvalue weighted by molar-refractivity contribution is 14.1. The molecule has 0 spiro atoms. The average molecular weight is 332 g/mol. The summed E-state index contributed by atoms with van der Waals surface area (Å²) in [6.45, 7) is 0.707. The minimum absolute atomic E-state index is 0.0824. The Morgan fingerprint density at radius 3 is 2.81 bits per heavy atom. The Morgan fingerprint density at radius 1 is 1.31 bits per heavy atom. The zero-order chi connectivity index (χ0) is 11.8. The van der Waals surface area contributed by atoms with Crippen molar-refractivity contribution in [2.45, 2.75) is 25.7 Å². The van der Waals surface area contributed by atoms with Crippen LogP contribution in [0.4, 0.5) is 5.69 Å². The first-order chi connectivity index (χ1) is 7.72. The van der Waals surface area contributed by atoms with Crippen molar-refractivity contribution < 1.29 is 4.79 Å². The van der Waals surface area contributed by atoms with Crippen molar-refractivity contribution in [2.75, 3.05) is 11.9 Å². The fourth-order valence-electron chi connectivity index (χ4n) is 1.40. The molecule has 0 saturated heterocycles. The number of carbonyl (C=O) groups is 1. The number of carbonyl (C=O) groups excluding carboxylic acids is 1. The molecule has 1 rings (SSSR count). The van der Waals surface area contributed by atoms with Crippen LogP contribution >= 0.6 is 22.6 Å². The molecule has 0 saturated carbocycles. The monoisotopic (exact) mass is 332 g/mol. The summed E-state index contributed by atoms with van der Waals surface area (Å²) in [5, 5.41) is 2.88. The lowest BCUT2D eigenvalue weighted by Crippen LogP contribution is -2.11. The third-order valence-corrected chi connectivity index (χ3v) is 2.89. The topological polar surface area (TPSA) is 55.1 Å². The molecule has 0 aliphatic heterocycles. The molecule has 0 bridgehead atoms. The molecule has 0 heterocycles. The van der Waals surface area contributed by atoms with E-state index in [2.05, 4.69) is 27.9 Å². The Morgan fingerprint density at radius 2 is 2.12 bits per heavy atom. The van der Waals surface area contributed by atoms with E-state index in [4.69, 9.17) is 5.73 Å². The van der Waals surface area contributed by atoms with E-state index in [1.165, 1.54) is 0 Å². The molecule has 0 aromatic heterocycles. The van der Waals surface area contributed by atoms with Crippen molar-refractivity contribution in [3.8, 4) is 0 Å². The Labute approximate surface area is 110 Å². The van der Waals surface area contributed by atoms with E-state index in [0.29, 0.717) is 13.0 Å². The number of amides is 1. The van der Waals surface area contributed by atoms with Crippen molar-refractivity contribution in [3.63, 3.8) is 0 Å². The van der Waals surface area contributed by atoms with Crippen LogP contribution in [0.3, 0.4) is 0 Å². The number of nitrogens with two attached hydrogens (primary N) is 1. The Balaban J connectivity index is 2.29. The number of halogens is 1. The average Bonchev–Trinajstić information content (AvgIpc) is 2.24. The highest BCUT2D eigenvalue weighted by Gasteiger charge is 2.01. The number of nitrogens with one attached hydrogen (secondary N) is 1. The number of rotatable bonds is 6. The van der Waals surface area contributed by atoms with Gasteiger partial charge < -0.3 is 11.1 Å². The van der Waals surface area contributed by atoms with Crippen LogP contribution in [0.25, 0.3) is 0 Å². The number of hydrogen-bond acceptors (Lipinski definition) is 2. The van der Waals surface area contributed by atoms with Gasteiger partial charge in [0.15, 0.2) is 0 Å². The van der Waals surface area contributed by atoms with E-state index < -0.39 is 0 Å². The largest absolute Gasteiger partial charge is 0.330 e. The normalized spacial score (nSPS) is 10.1. The van der Waals surface area contributed by atoms with Gasteiger partial charge in [0, 0.05) is 15.7 Å². The first-order valence-corrected chi connectivity index (χ1v) is 6.56. The van der Waals surface area contributed by atoms with Gasteiger partial charge in [-0.1, -0.05) is 12.5 Å². The van der Waals surface area contributed by atoms with Crippen LogP contribution in [-0.4, -0.2) is 12.5 Å². The first-order valence-electron chi connectivity index (χ1n) is 5.48. The van der Waals surface area contributed by atoms with Crippen molar-refractivity contribution in [1.82, 2.24) is 0 Å². The summed E-state index contributed by atoms with van der Waals surface area (Å²) in [7, 11) is 0. The van der Waals surface area contributed by atoms with E-state index in [0.717, 1.165) is 28.5 Å². The third-order valence-electron chi connectivity index (χ3n) is 2.22. The number of anilines is 1. The zero-order valence-electron chi connectivity index (χ0n) is 9.21. The Bertz CT molecular complexity index is 342. The zero-order valence-corrected chi connectivity index (χ0v) is 11.4. The highest BCUT2D eigenvalue weighted by Crippen LogP contribution is 2.13. The van der Waals surface area contributed by atoms with Crippen molar-refractivity contribution >= 4 is 34.2 Å². The molecular weight excluding hydrogens is 315 g/mol. The quantitative estimate of drug-likeness (QED) is 0.622. The van der Waals surface area contributed by atoms with Gasteiger partial charge in [0.25, 0.3) is 0 Å². The summed E-state index contributed by atoms with van der Waals surface area (Å²) in [6.07, 6.45) is 3.51. The molecule has 0 aliphatic carbocycles. The van der Waals surface area contributed by atoms with Crippen LogP contribution in [0.2, 0.25) is 0 Å². The van der Waals surface area contributed by atoms with Gasteiger partial charge in [-0.05, 0) is 60.2 Å². The molecule has 3 N–H and O–H groups in total. The molecule has 0 atom stereocenters. The lowest BCUT2D eigenvalue weighted by molar-refractivity contribution is -0.116. The minimum Gasteiger partial charge on any atom is -0.330 e. The molecule has 0 unspecified atom stereocenters.